The van der Waals surface area contributed by atoms with Crippen molar-refractivity contribution >= 4 is 17.0 Å². The molecule has 0 amide bonds. The zero-order chi connectivity index (χ0) is 17.5. The molecule has 1 unspecified atom stereocenters. The Labute approximate surface area is 136 Å². The molecule has 1 saturated heterocycles. The number of nitrogens with zero attached hydrogens (tertiary/aromatic N) is 3. The molecule has 130 valence electrons. The first-order valence-electron chi connectivity index (χ1n) is 7.77. The van der Waals surface area contributed by atoms with Crippen molar-refractivity contribution in [2.75, 3.05) is 6.54 Å². The Morgan fingerprint density at radius 3 is 2.79 bits per heavy atom. The fourth-order valence-corrected chi connectivity index (χ4v) is 3.21. The first kappa shape index (κ1) is 16.8. The van der Waals surface area contributed by atoms with Gasteiger partial charge < -0.3 is 9.67 Å². The number of benzene rings is 1. The van der Waals surface area contributed by atoms with Gasteiger partial charge in [0.05, 0.1) is 23.1 Å². The number of aliphatic carboxylic acids is 1. The molecule has 0 aliphatic carbocycles. The van der Waals surface area contributed by atoms with Crippen molar-refractivity contribution in [2.24, 2.45) is 7.05 Å². The van der Waals surface area contributed by atoms with Crippen LogP contribution in [0.3, 0.4) is 0 Å². The predicted molar refractivity (Wildman–Crippen MR) is 81.4 cm³/mol. The highest BCUT2D eigenvalue weighted by Gasteiger charge is 2.32. The third kappa shape index (κ3) is 3.10. The Hall–Kier alpha value is -2.09. The largest absolute Gasteiger partial charge is 0.480 e. The van der Waals surface area contributed by atoms with Gasteiger partial charge in [0.15, 0.2) is 0 Å². The van der Waals surface area contributed by atoms with Gasteiger partial charge in [0.2, 0.25) is 0 Å². The quantitative estimate of drug-likeness (QED) is 0.932. The van der Waals surface area contributed by atoms with Gasteiger partial charge in [-0.25, -0.2) is 4.98 Å². The number of hydrogen-bond donors (Lipinski definition) is 1. The molecule has 1 aromatic carbocycles. The van der Waals surface area contributed by atoms with Crippen molar-refractivity contribution in [2.45, 2.75) is 38.0 Å². The van der Waals surface area contributed by atoms with Crippen LogP contribution in [-0.4, -0.2) is 38.1 Å². The Morgan fingerprint density at radius 1 is 1.38 bits per heavy atom. The minimum Gasteiger partial charge on any atom is -0.480 e. The summed E-state index contributed by atoms with van der Waals surface area (Å²) in [5, 5.41) is 9.33. The minimum absolute atomic E-state index is 0.270. The molecule has 3 rings (SSSR count). The van der Waals surface area contributed by atoms with Gasteiger partial charge in [-0.1, -0.05) is 6.42 Å². The number of fused-ring (bicyclic) bond motifs is 1. The summed E-state index contributed by atoms with van der Waals surface area (Å²) in [6.07, 6.45) is -2.05. The SMILES string of the molecule is Cn1c(CN2CCCCC2C(=O)O)nc2cc(C(F)(F)F)ccc21. The predicted octanol–water partition coefficient (Wildman–Crippen LogP) is 3.03. The summed E-state index contributed by atoms with van der Waals surface area (Å²) in [6.45, 7) is 0.956. The Kier molecular flexibility index (Phi) is 4.25. The third-order valence-corrected chi connectivity index (χ3v) is 4.54. The fourth-order valence-electron chi connectivity index (χ4n) is 3.21. The van der Waals surface area contributed by atoms with E-state index in [4.69, 9.17) is 0 Å². The number of alkyl halides is 3. The van der Waals surface area contributed by atoms with Crippen LogP contribution in [0.15, 0.2) is 18.2 Å². The number of piperidine rings is 1. The lowest BCUT2D eigenvalue weighted by Gasteiger charge is -2.32. The van der Waals surface area contributed by atoms with Crippen molar-refractivity contribution < 1.29 is 23.1 Å². The number of aryl methyl sites for hydroxylation is 1. The van der Waals surface area contributed by atoms with Crippen LogP contribution in [0.25, 0.3) is 11.0 Å². The smallest absolute Gasteiger partial charge is 0.416 e. The van der Waals surface area contributed by atoms with Gasteiger partial charge in [-0.3, -0.25) is 9.69 Å². The molecular formula is C16H18F3N3O2. The van der Waals surface area contributed by atoms with E-state index in [2.05, 4.69) is 4.98 Å². The van der Waals surface area contributed by atoms with E-state index in [0.717, 1.165) is 25.0 Å². The Bertz CT molecular complexity index is 770. The molecule has 2 heterocycles. The van der Waals surface area contributed by atoms with E-state index in [1.165, 1.54) is 6.07 Å². The molecule has 0 bridgehead atoms. The molecular weight excluding hydrogens is 323 g/mol. The Balaban J connectivity index is 1.92. The molecule has 0 spiro atoms. The maximum atomic E-state index is 12.8. The van der Waals surface area contributed by atoms with E-state index < -0.39 is 23.8 Å². The second-order valence-electron chi connectivity index (χ2n) is 6.11. The minimum atomic E-state index is -4.41. The summed E-state index contributed by atoms with van der Waals surface area (Å²) >= 11 is 0. The van der Waals surface area contributed by atoms with E-state index in [9.17, 15) is 23.1 Å². The molecule has 1 aromatic heterocycles. The van der Waals surface area contributed by atoms with Gasteiger partial charge >= 0.3 is 12.1 Å². The van der Waals surface area contributed by atoms with E-state index in [0.29, 0.717) is 30.9 Å². The molecule has 0 radical (unpaired) electrons. The second-order valence-corrected chi connectivity index (χ2v) is 6.11. The topological polar surface area (TPSA) is 58.4 Å². The highest BCUT2D eigenvalue weighted by Crippen LogP contribution is 2.31. The molecule has 24 heavy (non-hydrogen) atoms. The third-order valence-electron chi connectivity index (χ3n) is 4.54. The molecule has 2 aromatic rings. The van der Waals surface area contributed by atoms with Crippen LogP contribution < -0.4 is 0 Å². The van der Waals surface area contributed by atoms with Crippen molar-refractivity contribution in [3.63, 3.8) is 0 Å². The lowest BCUT2D eigenvalue weighted by atomic mass is 10.0. The van der Waals surface area contributed by atoms with Crippen LogP contribution in [0.2, 0.25) is 0 Å². The van der Waals surface area contributed by atoms with E-state index in [-0.39, 0.29) is 5.52 Å². The molecule has 1 fully saturated rings. The van der Waals surface area contributed by atoms with Crippen LogP contribution >= 0.6 is 0 Å². The van der Waals surface area contributed by atoms with Gasteiger partial charge in [0, 0.05) is 7.05 Å². The fraction of sp³-hybridized carbons (Fsp3) is 0.500. The zero-order valence-electron chi connectivity index (χ0n) is 13.2. The number of carboxylic acid groups (broad SMARTS) is 1. The molecule has 1 aliphatic heterocycles. The normalized spacial score (nSPS) is 19.8. The van der Waals surface area contributed by atoms with Crippen LogP contribution in [-0.2, 0) is 24.6 Å². The highest BCUT2D eigenvalue weighted by atomic mass is 19.4. The first-order chi connectivity index (χ1) is 11.3. The average molecular weight is 341 g/mol. The number of rotatable bonds is 3. The van der Waals surface area contributed by atoms with E-state index in [1.807, 2.05) is 4.90 Å². The van der Waals surface area contributed by atoms with Gasteiger partial charge in [-0.15, -0.1) is 0 Å². The van der Waals surface area contributed by atoms with Gasteiger partial charge in [-0.2, -0.15) is 13.2 Å². The lowest BCUT2D eigenvalue weighted by molar-refractivity contribution is -0.145. The number of aromatic nitrogens is 2. The monoisotopic (exact) mass is 341 g/mol. The van der Waals surface area contributed by atoms with Crippen molar-refractivity contribution in [3.05, 3.63) is 29.6 Å². The summed E-state index contributed by atoms with van der Waals surface area (Å²) < 4.78 is 40.2. The summed E-state index contributed by atoms with van der Waals surface area (Å²) in [4.78, 5) is 17.5. The number of carbonyl (C=O) groups is 1. The second kappa shape index (κ2) is 6.08. The number of halogens is 3. The molecule has 8 heteroatoms. The number of hydrogen-bond acceptors (Lipinski definition) is 3. The van der Waals surface area contributed by atoms with Crippen molar-refractivity contribution in [1.29, 1.82) is 0 Å². The van der Waals surface area contributed by atoms with Crippen LogP contribution in [0.4, 0.5) is 13.2 Å². The average Bonchev–Trinajstić information content (AvgIpc) is 2.82. The Morgan fingerprint density at radius 2 is 2.12 bits per heavy atom. The number of likely N-dealkylation sites (tertiary alicyclic amines) is 1. The maximum absolute atomic E-state index is 12.8. The van der Waals surface area contributed by atoms with E-state index in [1.54, 1.807) is 11.6 Å². The number of carboxylic acids is 1. The highest BCUT2D eigenvalue weighted by molar-refractivity contribution is 5.77. The standard InChI is InChI=1S/C16H18F3N3O2/c1-21-12-6-5-10(16(17,18)19)8-11(12)20-14(21)9-22-7-3-2-4-13(22)15(23)24/h5-6,8,13H,2-4,7,9H2,1H3,(H,23,24). The molecule has 1 atom stereocenters. The first-order valence-corrected chi connectivity index (χ1v) is 7.77. The van der Waals surface area contributed by atoms with Crippen LogP contribution in [0, 0.1) is 0 Å². The van der Waals surface area contributed by atoms with Gasteiger partial charge in [0.1, 0.15) is 11.9 Å². The van der Waals surface area contributed by atoms with Gasteiger partial charge in [0.25, 0.3) is 0 Å². The number of imidazole rings is 1. The summed E-state index contributed by atoms with van der Waals surface area (Å²) in [7, 11) is 1.73. The molecule has 0 saturated carbocycles. The zero-order valence-corrected chi connectivity index (χ0v) is 13.2. The molecule has 1 aliphatic rings. The summed E-state index contributed by atoms with van der Waals surface area (Å²) in [6, 6.07) is 2.90. The molecule has 5 nitrogen and oxygen atoms in total. The van der Waals surface area contributed by atoms with Crippen molar-refractivity contribution in [3.8, 4) is 0 Å². The van der Waals surface area contributed by atoms with Crippen LogP contribution in [0.5, 0.6) is 0 Å². The summed E-state index contributed by atoms with van der Waals surface area (Å²) in [5.74, 6) is -0.301. The van der Waals surface area contributed by atoms with Crippen LogP contribution in [0.1, 0.15) is 30.7 Å². The lowest BCUT2D eigenvalue weighted by Crippen LogP contribution is -2.44. The molecule has 1 N–H and O–H groups in total. The summed E-state index contributed by atoms with van der Waals surface area (Å²) in [5.41, 5.74) is 0.133. The van der Waals surface area contributed by atoms with Crippen molar-refractivity contribution in [1.82, 2.24) is 14.5 Å². The van der Waals surface area contributed by atoms with E-state index >= 15 is 0 Å². The van der Waals surface area contributed by atoms with Gasteiger partial charge in [-0.05, 0) is 37.6 Å². The maximum Gasteiger partial charge on any atom is 0.416 e.